The Morgan fingerprint density at radius 2 is 2.19 bits per heavy atom. The summed E-state index contributed by atoms with van der Waals surface area (Å²) in [7, 11) is 0. The summed E-state index contributed by atoms with van der Waals surface area (Å²) in [5.74, 6) is -1.21. The summed E-state index contributed by atoms with van der Waals surface area (Å²) in [5.41, 5.74) is -0.0428. The third-order valence-electron chi connectivity index (χ3n) is 2.41. The topological polar surface area (TPSA) is 122 Å². The number of anilines is 1. The monoisotopic (exact) mass is 357 g/mol. The van der Waals surface area contributed by atoms with Crippen molar-refractivity contribution in [3.8, 4) is 0 Å². The lowest BCUT2D eigenvalue weighted by molar-refractivity contribution is -0.384. The van der Waals surface area contributed by atoms with Crippen LogP contribution in [0.2, 0.25) is 0 Å². The first-order valence-electron chi connectivity index (χ1n) is 5.70. The van der Waals surface area contributed by atoms with Crippen molar-refractivity contribution < 1.29 is 19.6 Å². The highest BCUT2D eigenvalue weighted by Gasteiger charge is 2.19. The Hall–Kier alpha value is -2.42. The van der Waals surface area contributed by atoms with Crippen LogP contribution >= 0.6 is 15.9 Å². The molecule has 0 heterocycles. The van der Waals surface area contributed by atoms with Crippen molar-refractivity contribution in [2.24, 2.45) is 0 Å². The highest BCUT2D eigenvalue weighted by molar-refractivity contribution is 9.10. The van der Waals surface area contributed by atoms with Gasteiger partial charge in [0.25, 0.3) is 5.69 Å². The van der Waals surface area contributed by atoms with E-state index in [-0.39, 0.29) is 17.8 Å². The minimum Gasteiger partial charge on any atom is -0.480 e. The van der Waals surface area contributed by atoms with Crippen LogP contribution < -0.4 is 10.6 Å². The number of carbonyl (C=O) groups excluding carboxylic acids is 1. The Morgan fingerprint density at radius 1 is 1.52 bits per heavy atom. The molecule has 0 saturated carbocycles. The number of nitro groups is 1. The van der Waals surface area contributed by atoms with Gasteiger partial charge in [-0.2, -0.15) is 0 Å². The fourth-order valence-corrected chi connectivity index (χ4v) is 1.77. The normalized spacial score (nSPS) is 11.3. The third kappa shape index (κ3) is 4.88. The number of benzene rings is 1. The van der Waals surface area contributed by atoms with E-state index < -0.39 is 23.0 Å². The number of carbonyl (C=O) groups is 2. The zero-order chi connectivity index (χ0) is 16.0. The number of carboxylic acids is 1. The molecule has 0 bridgehead atoms. The van der Waals surface area contributed by atoms with Gasteiger partial charge in [-0.05, 0) is 28.4 Å². The molecule has 9 heteroatoms. The van der Waals surface area contributed by atoms with Gasteiger partial charge >= 0.3 is 12.0 Å². The fraction of sp³-hybridized carbons (Fsp3) is 0.167. The number of hydrogen-bond donors (Lipinski definition) is 3. The van der Waals surface area contributed by atoms with Crippen LogP contribution in [0.5, 0.6) is 0 Å². The summed E-state index contributed by atoms with van der Waals surface area (Å²) in [6, 6.07) is 1.93. The molecule has 1 aromatic rings. The second-order valence-electron chi connectivity index (χ2n) is 3.93. The molecule has 112 valence electrons. The van der Waals surface area contributed by atoms with Crippen LogP contribution in [0.4, 0.5) is 16.2 Å². The molecule has 0 aromatic heterocycles. The highest BCUT2D eigenvalue weighted by Crippen LogP contribution is 2.26. The Labute approximate surface area is 128 Å². The molecule has 1 aromatic carbocycles. The number of halogens is 1. The van der Waals surface area contributed by atoms with Crippen molar-refractivity contribution >= 4 is 39.3 Å². The molecule has 0 radical (unpaired) electrons. The number of aliphatic carboxylic acids is 1. The van der Waals surface area contributed by atoms with Gasteiger partial charge in [0.15, 0.2) is 0 Å². The number of amides is 2. The molecule has 3 N–H and O–H groups in total. The maximum Gasteiger partial charge on any atom is 0.326 e. The molecule has 0 aliphatic heterocycles. The van der Waals surface area contributed by atoms with Gasteiger partial charge < -0.3 is 15.7 Å². The minimum absolute atomic E-state index is 0.0544. The van der Waals surface area contributed by atoms with Crippen LogP contribution in [0.15, 0.2) is 35.3 Å². The zero-order valence-corrected chi connectivity index (χ0v) is 12.3. The van der Waals surface area contributed by atoms with E-state index in [9.17, 15) is 19.7 Å². The Kier molecular flexibility index (Phi) is 5.85. The smallest absolute Gasteiger partial charge is 0.326 e. The molecule has 0 fully saturated rings. The summed E-state index contributed by atoms with van der Waals surface area (Å²) >= 11 is 3.14. The molecule has 1 atom stereocenters. The molecule has 21 heavy (non-hydrogen) atoms. The first kappa shape index (κ1) is 16.6. The fourth-order valence-electron chi connectivity index (χ4n) is 1.43. The van der Waals surface area contributed by atoms with E-state index in [4.69, 9.17) is 5.11 Å². The van der Waals surface area contributed by atoms with Gasteiger partial charge in [0.1, 0.15) is 6.04 Å². The van der Waals surface area contributed by atoms with Crippen molar-refractivity contribution in [1.82, 2.24) is 5.32 Å². The largest absolute Gasteiger partial charge is 0.480 e. The van der Waals surface area contributed by atoms with Gasteiger partial charge in [0, 0.05) is 16.6 Å². The third-order valence-corrected chi connectivity index (χ3v) is 3.11. The van der Waals surface area contributed by atoms with E-state index in [2.05, 4.69) is 33.1 Å². The summed E-state index contributed by atoms with van der Waals surface area (Å²) in [6.07, 6.45) is 1.42. The molecule has 0 aliphatic rings. The zero-order valence-electron chi connectivity index (χ0n) is 10.7. The number of rotatable bonds is 6. The van der Waals surface area contributed by atoms with Gasteiger partial charge in [-0.1, -0.05) is 6.08 Å². The van der Waals surface area contributed by atoms with Crippen molar-refractivity contribution in [3.63, 3.8) is 0 Å². The van der Waals surface area contributed by atoms with E-state index in [1.165, 1.54) is 18.2 Å². The number of hydrogen-bond acceptors (Lipinski definition) is 4. The number of nitro benzene ring substituents is 1. The lowest BCUT2D eigenvalue weighted by atomic mass is 10.2. The Morgan fingerprint density at radius 3 is 2.71 bits per heavy atom. The Bertz CT molecular complexity index is 590. The summed E-state index contributed by atoms with van der Waals surface area (Å²) < 4.78 is 0.429. The second-order valence-corrected chi connectivity index (χ2v) is 4.79. The maximum atomic E-state index is 11.7. The Balaban J connectivity index is 2.82. The van der Waals surface area contributed by atoms with E-state index in [1.807, 2.05) is 0 Å². The number of urea groups is 1. The quantitative estimate of drug-likeness (QED) is 0.410. The van der Waals surface area contributed by atoms with E-state index >= 15 is 0 Å². The molecule has 0 spiro atoms. The van der Waals surface area contributed by atoms with E-state index in [0.717, 1.165) is 6.07 Å². The number of carboxylic acid groups (broad SMARTS) is 1. The molecule has 1 rings (SSSR count). The number of non-ortho nitro benzene ring substituents is 1. The van der Waals surface area contributed by atoms with Crippen molar-refractivity contribution in [3.05, 3.63) is 45.4 Å². The molecule has 0 saturated heterocycles. The predicted octanol–water partition coefficient (Wildman–Crippen LogP) is 2.51. The first-order valence-corrected chi connectivity index (χ1v) is 6.49. The summed E-state index contributed by atoms with van der Waals surface area (Å²) in [6.45, 7) is 3.40. The number of nitrogens with zero attached hydrogens (tertiary/aromatic N) is 1. The predicted molar refractivity (Wildman–Crippen MR) is 79.2 cm³/mol. The van der Waals surface area contributed by atoms with Crippen LogP contribution in [0.3, 0.4) is 0 Å². The summed E-state index contributed by atoms with van der Waals surface area (Å²) in [4.78, 5) is 32.7. The van der Waals surface area contributed by atoms with Crippen LogP contribution in [-0.4, -0.2) is 28.1 Å². The summed E-state index contributed by atoms with van der Waals surface area (Å²) in [5, 5.41) is 24.2. The lowest BCUT2D eigenvalue weighted by Crippen LogP contribution is -2.42. The van der Waals surface area contributed by atoms with E-state index in [1.54, 1.807) is 0 Å². The standard InChI is InChI=1S/C12H12BrN3O5/c1-2-3-9(11(17)18)14-12(19)15-10-6-7(16(20)21)4-5-8(10)13/h2,4-6,9H,1,3H2,(H,17,18)(H2,14,15,19). The SMILES string of the molecule is C=CCC(NC(=O)Nc1cc([N+](=O)[O-])ccc1Br)C(=O)O. The first-order chi connectivity index (χ1) is 9.85. The average molecular weight is 358 g/mol. The van der Waals surface area contributed by atoms with Gasteiger partial charge in [0.2, 0.25) is 0 Å². The van der Waals surface area contributed by atoms with Crippen LogP contribution in [0.25, 0.3) is 0 Å². The van der Waals surface area contributed by atoms with Crippen molar-refractivity contribution in [2.45, 2.75) is 12.5 Å². The van der Waals surface area contributed by atoms with Crippen molar-refractivity contribution in [1.29, 1.82) is 0 Å². The molecule has 0 aliphatic carbocycles. The van der Waals surface area contributed by atoms with Gasteiger partial charge in [-0.25, -0.2) is 9.59 Å². The lowest BCUT2D eigenvalue weighted by Gasteiger charge is -2.14. The maximum absolute atomic E-state index is 11.7. The van der Waals surface area contributed by atoms with Crippen LogP contribution in [0, 0.1) is 10.1 Å². The van der Waals surface area contributed by atoms with E-state index in [0.29, 0.717) is 4.47 Å². The second kappa shape index (κ2) is 7.39. The molecule has 8 nitrogen and oxygen atoms in total. The van der Waals surface area contributed by atoms with Gasteiger partial charge in [0.05, 0.1) is 10.6 Å². The van der Waals surface area contributed by atoms with Crippen LogP contribution in [0.1, 0.15) is 6.42 Å². The molecular formula is C12H12BrN3O5. The molecule has 2 amide bonds. The minimum atomic E-state index is -1.21. The number of nitrogens with one attached hydrogen (secondary N) is 2. The van der Waals surface area contributed by atoms with Gasteiger partial charge in [-0.3, -0.25) is 10.1 Å². The highest BCUT2D eigenvalue weighted by atomic mass is 79.9. The van der Waals surface area contributed by atoms with Crippen molar-refractivity contribution in [2.75, 3.05) is 5.32 Å². The van der Waals surface area contributed by atoms with Gasteiger partial charge in [-0.15, -0.1) is 6.58 Å². The molecule has 1 unspecified atom stereocenters. The van der Waals surface area contributed by atoms with Crippen LogP contribution in [-0.2, 0) is 4.79 Å². The average Bonchev–Trinajstić information content (AvgIpc) is 2.40. The molecular weight excluding hydrogens is 346 g/mol.